The molecule has 0 aliphatic carbocycles. The summed E-state index contributed by atoms with van der Waals surface area (Å²) in [5, 5.41) is 10.9. The van der Waals surface area contributed by atoms with Crippen molar-refractivity contribution < 1.29 is 5.11 Å². The van der Waals surface area contributed by atoms with Crippen molar-refractivity contribution in [3.63, 3.8) is 0 Å². The molecule has 1 aliphatic heterocycles. The summed E-state index contributed by atoms with van der Waals surface area (Å²) in [4.78, 5) is 0. The van der Waals surface area contributed by atoms with Gasteiger partial charge in [0.05, 0.1) is 4.08 Å². The van der Waals surface area contributed by atoms with E-state index < -0.39 is 5.60 Å². The number of benzene rings is 1. The lowest BCUT2D eigenvalue weighted by Gasteiger charge is -2.44. The monoisotopic (exact) mass is 380 g/mol. The fourth-order valence-electron chi connectivity index (χ4n) is 1.97. The van der Waals surface area contributed by atoms with Crippen molar-refractivity contribution in [2.24, 2.45) is 0 Å². The van der Waals surface area contributed by atoms with E-state index in [1.165, 1.54) is 9.99 Å². The van der Waals surface area contributed by atoms with Gasteiger partial charge in [-0.1, -0.05) is 12.1 Å². The molecule has 0 aromatic heterocycles. The highest BCUT2D eigenvalue weighted by molar-refractivity contribution is 14.1. The number of hydrogen-bond donors (Lipinski definition) is 1. The number of aliphatic hydroxyl groups is 1. The van der Waals surface area contributed by atoms with E-state index in [1.54, 1.807) is 0 Å². The third-order valence-corrected chi connectivity index (χ3v) is 7.58. The van der Waals surface area contributed by atoms with Crippen molar-refractivity contribution in [3.05, 3.63) is 33.4 Å². The maximum Gasteiger partial charge on any atom is 0.110 e. The molecule has 0 saturated carbocycles. The van der Waals surface area contributed by atoms with Crippen LogP contribution in [-0.4, -0.2) is 20.7 Å². The van der Waals surface area contributed by atoms with E-state index in [9.17, 15) is 5.11 Å². The van der Waals surface area contributed by atoms with Crippen LogP contribution in [0.1, 0.15) is 25.8 Å². The van der Waals surface area contributed by atoms with Gasteiger partial charge < -0.3 is 5.11 Å². The Morgan fingerprint density at radius 3 is 2.59 bits per heavy atom. The van der Waals surface area contributed by atoms with Crippen molar-refractivity contribution in [3.8, 4) is 0 Å². The summed E-state index contributed by atoms with van der Waals surface area (Å²) in [6, 6.07) is 8.20. The summed E-state index contributed by atoms with van der Waals surface area (Å²) in [5.74, 6) is 2.28. The lowest BCUT2D eigenvalue weighted by Crippen LogP contribution is -2.44. The average molecular weight is 380 g/mol. The molecule has 94 valence electrons. The zero-order valence-electron chi connectivity index (χ0n) is 10.1. The fraction of sp³-hybridized carbons (Fsp3) is 0.538. The van der Waals surface area contributed by atoms with E-state index in [4.69, 9.17) is 0 Å². The molecule has 0 spiro atoms. The number of halogens is 1. The zero-order valence-corrected chi connectivity index (χ0v) is 13.9. The molecule has 0 amide bonds. The Hall–Kier alpha value is 0.610. The Bertz CT molecular complexity index is 400. The molecule has 1 nitrogen and oxygen atoms in total. The lowest BCUT2D eigenvalue weighted by molar-refractivity contribution is 0.0487. The smallest absolute Gasteiger partial charge is 0.110 e. The molecule has 0 unspecified atom stereocenters. The summed E-state index contributed by atoms with van der Waals surface area (Å²) in [6.07, 6.45) is 1.24. The molecule has 1 aromatic rings. The quantitative estimate of drug-likeness (QED) is 0.781. The van der Waals surface area contributed by atoms with Crippen LogP contribution in [0.2, 0.25) is 0 Å². The summed E-state index contributed by atoms with van der Waals surface area (Å²) in [5.41, 5.74) is 0.234. The highest BCUT2D eigenvalue weighted by atomic mass is 127. The largest absolute Gasteiger partial charge is 0.383 e. The average Bonchev–Trinajstić information content (AvgIpc) is 2.30. The van der Waals surface area contributed by atoms with Gasteiger partial charge in [-0.3, -0.25) is 0 Å². The number of thioether (sulfide) groups is 2. The standard InChI is InChI=1S/C13H17IOS2/c1-12(15,10-5-3-6-11(14)9-10)13(2)16-7-4-8-17-13/h3,5-6,9,15H,4,7-8H2,1-2H3/t12-/m1/s1. The third kappa shape index (κ3) is 2.80. The van der Waals surface area contributed by atoms with E-state index in [0.717, 1.165) is 17.1 Å². The molecule has 2 rings (SSSR count). The van der Waals surface area contributed by atoms with Gasteiger partial charge >= 0.3 is 0 Å². The second-order valence-corrected chi connectivity index (χ2v) is 9.11. The Kier molecular flexibility index (Phi) is 4.38. The molecule has 1 heterocycles. The normalized spacial score (nSPS) is 23.1. The minimum absolute atomic E-state index is 0.143. The molecule has 17 heavy (non-hydrogen) atoms. The Balaban J connectivity index is 2.34. The number of rotatable bonds is 2. The maximum atomic E-state index is 10.9. The third-order valence-electron chi connectivity index (χ3n) is 3.31. The summed E-state index contributed by atoms with van der Waals surface area (Å²) in [6.45, 7) is 4.12. The molecule has 0 bridgehead atoms. The van der Waals surface area contributed by atoms with Gasteiger partial charge in [0.1, 0.15) is 5.60 Å². The van der Waals surface area contributed by atoms with Gasteiger partial charge in [0.25, 0.3) is 0 Å². The van der Waals surface area contributed by atoms with E-state index in [1.807, 2.05) is 42.6 Å². The molecular weight excluding hydrogens is 363 g/mol. The van der Waals surface area contributed by atoms with Crippen LogP contribution in [0.4, 0.5) is 0 Å². The van der Waals surface area contributed by atoms with Crippen LogP contribution in [-0.2, 0) is 5.60 Å². The van der Waals surface area contributed by atoms with Crippen LogP contribution in [0.25, 0.3) is 0 Å². The van der Waals surface area contributed by atoms with Crippen LogP contribution in [0.15, 0.2) is 24.3 Å². The van der Waals surface area contributed by atoms with Crippen LogP contribution >= 0.6 is 46.1 Å². The maximum absolute atomic E-state index is 10.9. The molecular formula is C13H17IOS2. The second-order valence-electron chi connectivity index (χ2n) is 4.58. The molecule has 1 saturated heterocycles. The molecule has 1 N–H and O–H groups in total. The Labute approximate surface area is 125 Å². The molecule has 1 atom stereocenters. The topological polar surface area (TPSA) is 20.2 Å². The van der Waals surface area contributed by atoms with Crippen molar-refractivity contribution in [2.75, 3.05) is 11.5 Å². The van der Waals surface area contributed by atoms with Crippen LogP contribution < -0.4 is 0 Å². The van der Waals surface area contributed by atoms with Crippen molar-refractivity contribution in [1.29, 1.82) is 0 Å². The first-order valence-electron chi connectivity index (χ1n) is 5.72. The van der Waals surface area contributed by atoms with Gasteiger partial charge in [-0.25, -0.2) is 0 Å². The first-order valence-corrected chi connectivity index (χ1v) is 8.77. The number of hydrogen-bond acceptors (Lipinski definition) is 3. The summed E-state index contributed by atoms with van der Waals surface area (Å²) in [7, 11) is 0. The summed E-state index contributed by atoms with van der Waals surface area (Å²) >= 11 is 6.06. The van der Waals surface area contributed by atoms with Gasteiger partial charge in [0.2, 0.25) is 0 Å². The predicted octanol–water partition coefficient (Wildman–Crippen LogP) is 4.09. The van der Waals surface area contributed by atoms with Gasteiger partial charge in [-0.05, 0) is 72.1 Å². The first-order chi connectivity index (χ1) is 7.96. The van der Waals surface area contributed by atoms with Crippen LogP contribution in [0.3, 0.4) is 0 Å². The van der Waals surface area contributed by atoms with E-state index in [2.05, 4.69) is 41.6 Å². The second kappa shape index (κ2) is 5.31. The van der Waals surface area contributed by atoms with Crippen LogP contribution in [0.5, 0.6) is 0 Å². The summed E-state index contributed by atoms with van der Waals surface area (Å²) < 4.78 is 1.03. The minimum atomic E-state index is -0.788. The van der Waals surface area contributed by atoms with Crippen molar-refractivity contribution in [1.82, 2.24) is 0 Å². The predicted molar refractivity (Wildman–Crippen MR) is 86.7 cm³/mol. The van der Waals surface area contributed by atoms with Crippen molar-refractivity contribution >= 4 is 46.1 Å². The highest BCUT2D eigenvalue weighted by Gasteiger charge is 2.46. The SMILES string of the molecule is CC1([C@](C)(O)c2cccc(I)c2)SCCCS1. The molecule has 4 heteroatoms. The van der Waals surface area contributed by atoms with Gasteiger partial charge in [0, 0.05) is 3.57 Å². The van der Waals surface area contributed by atoms with Gasteiger partial charge in [0.15, 0.2) is 0 Å². The van der Waals surface area contributed by atoms with Crippen molar-refractivity contribution in [2.45, 2.75) is 29.9 Å². The van der Waals surface area contributed by atoms with E-state index in [-0.39, 0.29) is 4.08 Å². The lowest BCUT2D eigenvalue weighted by atomic mass is 9.92. The first kappa shape index (κ1) is 14.0. The molecule has 1 fully saturated rings. The van der Waals surface area contributed by atoms with E-state index >= 15 is 0 Å². The van der Waals surface area contributed by atoms with Crippen LogP contribution in [0, 0.1) is 3.57 Å². The molecule has 0 radical (unpaired) electrons. The Morgan fingerprint density at radius 1 is 1.35 bits per heavy atom. The van der Waals surface area contributed by atoms with Gasteiger partial charge in [-0.15, -0.1) is 23.5 Å². The molecule has 1 aromatic carbocycles. The minimum Gasteiger partial charge on any atom is -0.383 e. The zero-order chi connectivity index (χ0) is 12.5. The van der Waals surface area contributed by atoms with E-state index in [0.29, 0.717) is 0 Å². The molecule has 1 aliphatic rings. The fourth-order valence-corrected chi connectivity index (χ4v) is 5.68. The van der Waals surface area contributed by atoms with Gasteiger partial charge in [-0.2, -0.15) is 0 Å². The highest BCUT2D eigenvalue weighted by Crippen LogP contribution is 2.53. The Morgan fingerprint density at radius 2 is 2.00 bits per heavy atom.